The molecule has 4 nitrogen and oxygen atoms in total. The van der Waals surface area contributed by atoms with Crippen LogP contribution in [0.3, 0.4) is 0 Å². The summed E-state index contributed by atoms with van der Waals surface area (Å²) in [6.45, 7) is 7.60. The molecule has 0 unspecified atom stereocenters. The van der Waals surface area contributed by atoms with Gasteiger partial charge >= 0.3 is 0 Å². The fourth-order valence-corrected chi connectivity index (χ4v) is 3.80. The molecule has 6 heteroatoms. The lowest BCUT2D eigenvalue weighted by Gasteiger charge is -2.39. The zero-order chi connectivity index (χ0) is 16.0. The lowest BCUT2D eigenvalue weighted by molar-refractivity contribution is 0.375. The molecule has 23 heavy (non-hydrogen) atoms. The summed E-state index contributed by atoms with van der Waals surface area (Å²) in [5.74, 6) is 2.49. The van der Waals surface area contributed by atoms with Gasteiger partial charge in [0.1, 0.15) is 5.75 Å². The van der Waals surface area contributed by atoms with Gasteiger partial charge in [-0.3, -0.25) is 4.99 Å². The topological polar surface area (TPSA) is 47.9 Å². The summed E-state index contributed by atoms with van der Waals surface area (Å²) in [5.41, 5.74) is 1.25. The molecule has 130 valence electrons. The molecular formula is C17H28IN3OS. The van der Waals surface area contributed by atoms with Crippen LogP contribution >= 0.6 is 35.7 Å². The van der Waals surface area contributed by atoms with E-state index in [1.54, 1.807) is 12.1 Å². The van der Waals surface area contributed by atoms with E-state index in [1.165, 1.54) is 5.56 Å². The molecule has 1 fully saturated rings. The van der Waals surface area contributed by atoms with Crippen molar-refractivity contribution in [2.45, 2.75) is 31.4 Å². The molecule has 1 aromatic carbocycles. The summed E-state index contributed by atoms with van der Waals surface area (Å²) in [6.07, 6.45) is 2.06. The summed E-state index contributed by atoms with van der Waals surface area (Å²) in [5, 5.41) is 12.8. The zero-order valence-electron chi connectivity index (χ0n) is 14.2. The molecular weight excluding hydrogens is 421 g/mol. The predicted molar refractivity (Wildman–Crippen MR) is 111 cm³/mol. The summed E-state index contributed by atoms with van der Waals surface area (Å²) in [4.78, 5) is 6.78. The Morgan fingerprint density at radius 1 is 1.35 bits per heavy atom. The van der Waals surface area contributed by atoms with E-state index >= 15 is 0 Å². The largest absolute Gasteiger partial charge is 0.508 e. The average Bonchev–Trinajstić information content (AvgIpc) is 2.48. The summed E-state index contributed by atoms with van der Waals surface area (Å²) in [6, 6.07) is 7.45. The molecule has 0 spiro atoms. The first-order chi connectivity index (χ1) is 10.5. The van der Waals surface area contributed by atoms with Gasteiger partial charge in [0.05, 0.1) is 0 Å². The second-order valence-corrected chi connectivity index (χ2v) is 8.08. The Balaban J connectivity index is 0.00000264. The molecule has 0 amide bonds. The van der Waals surface area contributed by atoms with Crippen LogP contribution in [0.5, 0.6) is 5.75 Å². The molecule has 0 saturated carbocycles. The minimum atomic E-state index is 0. The number of aromatic hydroxyl groups is 1. The third-order valence-corrected chi connectivity index (χ3v) is 5.10. The SMILES string of the molecule is CN=C(NCCCc1ccc(O)cc1)N1CCSC(C)(C)C1.I. The number of nitrogens with one attached hydrogen (secondary N) is 1. The van der Waals surface area contributed by atoms with Crippen molar-refractivity contribution in [2.75, 3.05) is 32.4 Å². The highest BCUT2D eigenvalue weighted by atomic mass is 127. The van der Waals surface area contributed by atoms with Gasteiger partial charge in [0, 0.05) is 37.2 Å². The van der Waals surface area contributed by atoms with E-state index in [0.29, 0.717) is 10.5 Å². The van der Waals surface area contributed by atoms with Crippen LogP contribution in [0, 0.1) is 0 Å². The lowest BCUT2D eigenvalue weighted by Crippen LogP contribution is -2.51. The molecule has 0 aliphatic carbocycles. The molecule has 1 saturated heterocycles. The number of aliphatic imine (C=N–C) groups is 1. The van der Waals surface area contributed by atoms with Gasteiger partial charge in [-0.25, -0.2) is 0 Å². The molecule has 1 heterocycles. The first kappa shape index (κ1) is 20.4. The Bertz CT molecular complexity index is 505. The molecule has 1 aromatic rings. The smallest absolute Gasteiger partial charge is 0.193 e. The van der Waals surface area contributed by atoms with Crippen molar-refractivity contribution in [2.24, 2.45) is 4.99 Å². The number of thioether (sulfide) groups is 1. The number of phenols is 1. The van der Waals surface area contributed by atoms with Crippen LogP contribution in [-0.4, -0.2) is 53.1 Å². The van der Waals surface area contributed by atoms with Gasteiger partial charge in [0.2, 0.25) is 0 Å². The number of benzene rings is 1. The number of halogens is 1. The van der Waals surface area contributed by atoms with Crippen LogP contribution in [0.15, 0.2) is 29.3 Å². The first-order valence-corrected chi connectivity index (χ1v) is 8.86. The number of rotatable bonds is 4. The highest BCUT2D eigenvalue weighted by Gasteiger charge is 2.28. The molecule has 0 bridgehead atoms. The van der Waals surface area contributed by atoms with Gasteiger partial charge in [-0.05, 0) is 44.4 Å². The van der Waals surface area contributed by atoms with Crippen molar-refractivity contribution in [3.63, 3.8) is 0 Å². The quantitative estimate of drug-likeness (QED) is 0.321. The van der Waals surface area contributed by atoms with E-state index < -0.39 is 0 Å². The van der Waals surface area contributed by atoms with E-state index in [-0.39, 0.29) is 24.0 Å². The maximum Gasteiger partial charge on any atom is 0.193 e. The third-order valence-electron chi connectivity index (χ3n) is 3.80. The van der Waals surface area contributed by atoms with E-state index in [4.69, 9.17) is 0 Å². The summed E-state index contributed by atoms with van der Waals surface area (Å²) < 4.78 is 0.294. The van der Waals surface area contributed by atoms with Crippen molar-refractivity contribution >= 4 is 41.7 Å². The Morgan fingerprint density at radius 3 is 2.65 bits per heavy atom. The molecule has 2 rings (SSSR count). The van der Waals surface area contributed by atoms with E-state index in [0.717, 1.165) is 44.2 Å². The van der Waals surface area contributed by atoms with Gasteiger partial charge in [0.25, 0.3) is 0 Å². The second-order valence-electron chi connectivity index (χ2n) is 6.27. The van der Waals surface area contributed by atoms with Crippen LogP contribution < -0.4 is 5.32 Å². The standard InChI is InChI=1S/C17H27N3OS.HI/c1-17(2)13-20(11-12-22-17)16(18-3)19-10-4-5-14-6-8-15(21)9-7-14;/h6-9,21H,4-5,10-13H2,1-3H3,(H,18,19);1H. The van der Waals surface area contributed by atoms with Gasteiger partial charge in [0.15, 0.2) is 5.96 Å². The Labute approximate surface area is 161 Å². The average molecular weight is 449 g/mol. The summed E-state index contributed by atoms with van der Waals surface area (Å²) in [7, 11) is 1.86. The molecule has 0 atom stereocenters. The zero-order valence-corrected chi connectivity index (χ0v) is 17.4. The third kappa shape index (κ3) is 6.79. The monoisotopic (exact) mass is 449 g/mol. The number of guanidine groups is 1. The van der Waals surface area contributed by atoms with Crippen LogP contribution in [-0.2, 0) is 6.42 Å². The fraction of sp³-hybridized carbons (Fsp3) is 0.588. The van der Waals surface area contributed by atoms with Crippen molar-refractivity contribution in [3.8, 4) is 5.75 Å². The Kier molecular flexibility index (Phi) is 8.53. The highest BCUT2D eigenvalue weighted by Crippen LogP contribution is 2.29. The minimum absolute atomic E-state index is 0. The number of hydrogen-bond donors (Lipinski definition) is 2. The fourth-order valence-electron chi connectivity index (χ4n) is 2.68. The van der Waals surface area contributed by atoms with Crippen molar-refractivity contribution < 1.29 is 5.11 Å². The number of phenolic OH excluding ortho intramolecular Hbond substituents is 1. The van der Waals surface area contributed by atoms with Gasteiger partial charge < -0.3 is 15.3 Å². The molecule has 1 aliphatic heterocycles. The maximum absolute atomic E-state index is 9.28. The number of hydrogen-bond acceptors (Lipinski definition) is 3. The molecule has 1 aliphatic rings. The van der Waals surface area contributed by atoms with Crippen LogP contribution in [0.4, 0.5) is 0 Å². The van der Waals surface area contributed by atoms with E-state index in [1.807, 2.05) is 30.9 Å². The van der Waals surface area contributed by atoms with E-state index in [9.17, 15) is 5.11 Å². The van der Waals surface area contributed by atoms with Gasteiger partial charge in [-0.2, -0.15) is 11.8 Å². The van der Waals surface area contributed by atoms with Crippen molar-refractivity contribution in [1.29, 1.82) is 0 Å². The lowest BCUT2D eigenvalue weighted by atomic mass is 10.1. The minimum Gasteiger partial charge on any atom is -0.508 e. The van der Waals surface area contributed by atoms with Crippen LogP contribution in [0.1, 0.15) is 25.8 Å². The molecule has 2 N–H and O–H groups in total. The van der Waals surface area contributed by atoms with Crippen molar-refractivity contribution in [3.05, 3.63) is 29.8 Å². The second kappa shape index (κ2) is 9.61. The Morgan fingerprint density at radius 2 is 2.04 bits per heavy atom. The molecule has 0 radical (unpaired) electrons. The predicted octanol–water partition coefficient (Wildman–Crippen LogP) is 3.35. The summed E-state index contributed by atoms with van der Waals surface area (Å²) >= 11 is 2.03. The molecule has 0 aromatic heterocycles. The van der Waals surface area contributed by atoms with Gasteiger partial charge in [-0.15, -0.1) is 24.0 Å². The highest BCUT2D eigenvalue weighted by molar-refractivity contribution is 14.0. The van der Waals surface area contributed by atoms with E-state index in [2.05, 4.69) is 29.1 Å². The van der Waals surface area contributed by atoms with Crippen LogP contribution in [0.2, 0.25) is 0 Å². The Hall–Kier alpha value is -0.630. The maximum atomic E-state index is 9.28. The number of aryl methyl sites for hydroxylation is 1. The van der Waals surface area contributed by atoms with Crippen molar-refractivity contribution in [1.82, 2.24) is 10.2 Å². The number of nitrogens with zero attached hydrogens (tertiary/aromatic N) is 2. The van der Waals surface area contributed by atoms with Gasteiger partial charge in [-0.1, -0.05) is 12.1 Å². The normalized spacial score (nSPS) is 17.5. The first-order valence-electron chi connectivity index (χ1n) is 7.88. The van der Waals surface area contributed by atoms with Crippen LogP contribution in [0.25, 0.3) is 0 Å².